The molecule has 6 rings (SSSR count). The third-order valence-electron chi connectivity index (χ3n) is 8.12. The molecule has 2 atom stereocenters. The number of thiazole rings is 1. The number of fused-ring (bicyclic) bond motifs is 2. The molecule has 0 radical (unpaired) electrons. The van der Waals surface area contributed by atoms with Crippen LogP contribution in [0, 0.1) is 17.1 Å². The number of aromatic nitrogens is 1. The van der Waals surface area contributed by atoms with Crippen molar-refractivity contribution >= 4 is 44.5 Å². The maximum Gasteiger partial charge on any atom is 0.333 e. The second kappa shape index (κ2) is 12.4. The van der Waals surface area contributed by atoms with E-state index in [1.807, 2.05) is 36.4 Å². The number of nitrogens with two attached hydrogens (primary N) is 1. The molecule has 3 aliphatic rings. The maximum atomic E-state index is 14.1. The van der Waals surface area contributed by atoms with Crippen molar-refractivity contribution in [3.05, 3.63) is 83.2 Å². The molecule has 2 fully saturated rings. The molecule has 3 aromatic rings. The third kappa shape index (κ3) is 5.86. The molecule has 0 spiro atoms. The molecule has 11 nitrogen and oxygen atoms in total. The fraction of sp³-hybridized carbons (Fsp3) is 0.323. The molecule has 2 saturated heterocycles. The number of para-hydroxylation sites is 1. The fourth-order valence-electron chi connectivity index (χ4n) is 6.02. The van der Waals surface area contributed by atoms with Crippen molar-refractivity contribution in [2.24, 2.45) is 0 Å². The van der Waals surface area contributed by atoms with Gasteiger partial charge in [-0.05, 0) is 42.2 Å². The topological polar surface area (TPSA) is 139 Å². The number of amides is 4. The number of allylic oxidation sites excluding steroid dienone is 3. The molecule has 4 amide bonds. The minimum atomic E-state index is -0.900. The number of hydrogen-bond donors (Lipinski definition) is 2. The second-order valence-corrected chi connectivity index (χ2v) is 12.0. The van der Waals surface area contributed by atoms with E-state index in [0.717, 1.165) is 28.7 Å². The molecular weight excluding hydrogens is 583 g/mol. The molecule has 44 heavy (non-hydrogen) atoms. The second-order valence-electron chi connectivity index (χ2n) is 10.9. The lowest BCUT2D eigenvalue weighted by Gasteiger charge is -2.46. The Morgan fingerprint density at radius 1 is 1.23 bits per heavy atom. The zero-order valence-corrected chi connectivity index (χ0v) is 24.7. The summed E-state index contributed by atoms with van der Waals surface area (Å²) in [6.45, 7) is 0.171. The van der Waals surface area contributed by atoms with Gasteiger partial charge in [-0.25, -0.2) is 19.2 Å². The lowest BCUT2D eigenvalue weighted by Crippen LogP contribution is -2.66. The highest BCUT2D eigenvalue weighted by molar-refractivity contribution is 7.22. The maximum absolute atomic E-state index is 14.1. The first-order valence-corrected chi connectivity index (χ1v) is 15.2. The fourth-order valence-corrected chi connectivity index (χ4v) is 6.80. The first kappa shape index (κ1) is 29.3. The van der Waals surface area contributed by atoms with Crippen LogP contribution in [-0.2, 0) is 22.6 Å². The number of halogens is 1. The molecule has 2 aromatic carbocycles. The predicted octanol–water partition coefficient (Wildman–Crippen LogP) is 3.17. The van der Waals surface area contributed by atoms with Gasteiger partial charge in [-0.15, -0.1) is 0 Å². The number of carbonyl (C=O) groups is 3. The first-order chi connectivity index (χ1) is 21.3. The van der Waals surface area contributed by atoms with Crippen LogP contribution in [0.15, 0.2) is 66.3 Å². The summed E-state index contributed by atoms with van der Waals surface area (Å²) in [4.78, 5) is 48.7. The van der Waals surface area contributed by atoms with Crippen molar-refractivity contribution in [1.82, 2.24) is 30.1 Å². The summed E-state index contributed by atoms with van der Waals surface area (Å²) in [5.74, 6) is -1.00. The largest absolute Gasteiger partial charge is 0.375 e. The number of nitrogens with one attached hydrogen (secondary N) is 1. The summed E-state index contributed by atoms with van der Waals surface area (Å²) >= 11 is 1.36. The van der Waals surface area contributed by atoms with Crippen molar-refractivity contribution in [2.45, 2.75) is 38.0 Å². The van der Waals surface area contributed by atoms with E-state index in [1.54, 1.807) is 22.0 Å². The normalized spacial score (nSPS) is 20.0. The number of benzene rings is 2. The van der Waals surface area contributed by atoms with Crippen molar-refractivity contribution in [3.8, 4) is 6.07 Å². The van der Waals surface area contributed by atoms with Gasteiger partial charge in [-0.2, -0.15) is 10.3 Å². The van der Waals surface area contributed by atoms with E-state index in [0.29, 0.717) is 22.8 Å². The van der Waals surface area contributed by atoms with Crippen LogP contribution < -0.4 is 11.1 Å². The minimum Gasteiger partial charge on any atom is -0.375 e. The zero-order valence-electron chi connectivity index (χ0n) is 23.9. The van der Waals surface area contributed by atoms with Crippen molar-refractivity contribution in [2.75, 3.05) is 31.9 Å². The van der Waals surface area contributed by atoms with E-state index in [-0.39, 0.29) is 44.4 Å². The van der Waals surface area contributed by atoms with E-state index < -0.39 is 24.1 Å². The minimum absolute atomic E-state index is 0.103. The van der Waals surface area contributed by atoms with Crippen molar-refractivity contribution < 1.29 is 18.8 Å². The van der Waals surface area contributed by atoms with Gasteiger partial charge in [0.1, 0.15) is 24.6 Å². The quantitative estimate of drug-likeness (QED) is 0.372. The molecule has 0 bridgehead atoms. The van der Waals surface area contributed by atoms with Crippen LogP contribution in [0.2, 0.25) is 0 Å². The van der Waals surface area contributed by atoms with Gasteiger partial charge in [0, 0.05) is 19.5 Å². The Balaban J connectivity index is 1.31. The number of hydrazine groups is 1. The molecule has 3 heterocycles. The Morgan fingerprint density at radius 2 is 2.05 bits per heavy atom. The number of rotatable bonds is 8. The number of urea groups is 1. The van der Waals surface area contributed by atoms with Crippen LogP contribution in [0.3, 0.4) is 0 Å². The molecule has 2 aliphatic heterocycles. The Bertz CT molecular complexity index is 1700. The van der Waals surface area contributed by atoms with Crippen LogP contribution in [0.5, 0.6) is 0 Å². The van der Waals surface area contributed by atoms with E-state index in [4.69, 9.17) is 5.73 Å². The summed E-state index contributed by atoms with van der Waals surface area (Å²) in [7, 11) is 0. The molecule has 0 unspecified atom stereocenters. The van der Waals surface area contributed by atoms with Crippen LogP contribution in [0.25, 0.3) is 10.2 Å². The van der Waals surface area contributed by atoms with E-state index in [1.165, 1.54) is 33.4 Å². The van der Waals surface area contributed by atoms with Gasteiger partial charge >= 0.3 is 6.03 Å². The van der Waals surface area contributed by atoms with Gasteiger partial charge < -0.3 is 20.9 Å². The third-order valence-corrected chi connectivity index (χ3v) is 8.97. The Labute approximate surface area is 257 Å². The van der Waals surface area contributed by atoms with Crippen LogP contribution in [0.1, 0.15) is 24.0 Å². The summed E-state index contributed by atoms with van der Waals surface area (Å²) in [5, 5.41) is 15.8. The number of nitrogens with zero attached hydrogens (tertiary/aromatic N) is 6. The number of piperazine rings is 1. The summed E-state index contributed by atoms with van der Waals surface area (Å²) in [6.07, 6.45) is 7.13. The van der Waals surface area contributed by atoms with Gasteiger partial charge in [0.15, 0.2) is 5.13 Å². The summed E-state index contributed by atoms with van der Waals surface area (Å²) in [5.41, 5.74) is 9.23. The molecule has 1 aromatic heterocycles. The van der Waals surface area contributed by atoms with E-state index in [9.17, 15) is 24.0 Å². The average molecular weight is 615 g/mol. The lowest BCUT2D eigenvalue weighted by molar-refractivity contribution is -0.157. The van der Waals surface area contributed by atoms with Crippen LogP contribution >= 0.6 is 11.3 Å². The van der Waals surface area contributed by atoms with Gasteiger partial charge in [-0.3, -0.25) is 9.59 Å². The number of anilines is 1. The Hall–Kier alpha value is -4.80. The Morgan fingerprint density at radius 3 is 2.80 bits per heavy atom. The van der Waals surface area contributed by atoms with Crippen LogP contribution in [0.4, 0.5) is 14.3 Å². The lowest BCUT2D eigenvalue weighted by atomic mass is 10.00. The Kier molecular flexibility index (Phi) is 8.28. The molecule has 1 aliphatic carbocycles. The van der Waals surface area contributed by atoms with Gasteiger partial charge in [0.25, 0.3) is 0 Å². The summed E-state index contributed by atoms with van der Waals surface area (Å²) < 4.78 is 14.6. The first-order valence-electron chi connectivity index (χ1n) is 14.3. The molecule has 3 N–H and O–H groups in total. The van der Waals surface area contributed by atoms with Crippen molar-refractivity contribution in [3.63, 3.8) is 0 Å². The number of nitrogen functional groups attached to an aromatic ring is 1. The van der Waals surface area contributed by atoms with Gasteiger partial charge in [-0.1, -0.05) is 59.4 Å². The van der Waals surface area contributed by atoms with Gasteiger partial charge in [0.05, 0.1) is 29.4 Å². The SMILES string of the molecule is N#CCN(C(=O)NCC1=CC=CCC1)N1CC(=O)N2[C@@H](Cc3ccc(F)cc3)C(=O)N(Cc3cccc4sc(N)nc34)C[C@@H]21. The number of carbonyl (C=O) groups excluding carboxylic acids is 3. The highest BCUT2D eigenvalue weighted by Crippen LogP contribution is 2.32. The van der Waals surface area contributed by atoms with Gasteiger partial charge in [0.2, 0.25) is 11.8 Å². The molecular formula is C31H31FN8O3S. The van der Waals surface area contributed by atoms with E-state index in [2.05, 4.69) is 16.4 Å². The average Bonchev–Trinajstić information content (AvgIpc) is 3.57. The monoisotopic (exact) mass is 614 g/mol. The highest BCUT2D eigenvalue weighted by Gasteiger charge is 2.52. The molecule has 226 valence electrons. The highest BCUT2D eigenvalue weighted by atomic mass is 32.1. The number of hydrogen-bond acceptors (Lipinski definition) is 8. The molecule has 0 saturated carbocycles. The van der Waals surface area contributed by atoms with Crippen LogP contribution in [-0.4, -0.2) is 81.0 Å². The van der Waals surface area contributed by atoms with Crippen molar-refractivity contribution in [1.29, 1.82) is 5.26 Å². The van der Waals surface area contributed by atoms with E-state index >= 15 is 0 Å². The zero-order chi connectivity index (χ0) is 30.8. The number of nitriles is 1. The smallest absolute Gasteiger partial charge is 0.333 e. The summed E-state index contributed by atoms with van der Waals surface area (Å²) in [6, 6.07) is 12.2. The molecule has 13 heteroatoms. The standard InChI is InChI=1S/C31H31FN8O3S/c32-23-11-9-20(10-12-23)15-24-29(42)37(17-22-7-4-8-25-28(22)36-30(34)44-25)18-26-39(19-27(41)40(24)26)38(14-13-33)31(43)35-16-21-5-2-1-3-6-21/h1-2,4-5,7-12,24,26H,3,6,14-19H2,(H2,34,36)(H,35,43)/t24-,26+/m0/s1. The predicted molar refractivity (Wildman–Crippen MR) is 163 cm³/mol.